The zero-order chi connectivity index (χ0) is 12.8. The van der Waals surface area contributed by atoms with Crippen LogP contribution in [0.15, 0.2) is 61.2 Å². The highest BCUT2D eigenvalue weighted by Gasteiger charge is 1.97. The molecule has 0 aliphatic rings. The van der Waals surface area contributed by atoms with Crippen LogP contribution in [0.5, 0.6) is 0 Å². The van der Waals surface area contributed by atoms with Gasteiger partial charge in [-0.15, -0.1) is 17.9 Å². The number of hydrogen-bond donors (Lipinski definition) is 0. The molecule has 18 heavy (non-hydrogen) atoms. The van der Waals surface area contributed by atoms with Gasteiger partial charge in [-0.3, -0.25) is 0 Å². The van der Waals surface area contributed by atoms with E-state index in [-0.39, 0.29) is 0 Å². The summed E-state index contributed by atoms with van der Waals surface area (Å²) in [5.41, 5.74) is 3.38. The molecule has 2 heteroatoms. The van der Waals surface area contributed by atoms with Gasteiger partial charge >= 0.3 is 0 Å². The van der Waals surface area contributed by atoms with E-state index in [0.717, 1.165) is 20.9 Å². The highest BCUT2D eigenvalue weighted by atomic mass is 32.2. The van der Waals surface area contributed by atoms with Gasteiger partial charge in [-0.1, -0.05) is 60.8 Å². The van der Waals surface area contributed by atoms with Gasteiger partial charge in [-0.2, -0.15) is 29.5 Å². The third-order valence-corrected chi connectivity index (χ3v) is 3.85. The van der Waals surface area contributed by atoms with E-state index in [1.165, 1.54) is 0 Å². The predicted octanol–water partition coefficient (Wildman–Crippen LogP) is 4.95. The quantitative estimate of drug-likeness (QED) is 0.569. The van der Waals surface area contributed by atoms with Crippen molar-refractivity contribution < 1.29 is 0 Å². The normalized spacial score (nSPS) is 9.78. The van der Waals surface area contributed by atoms with Crippen molar-refractivity contribution in [1.82, 2.24) is 0 Å². The van der Waals surface area contributed by atoms with Crippen LogP contribution < -0.4 is 0 Å². The molecule has 0 saturated heterocycles. The Labute approximate surface area is 118 Å². The average Bonchev–Trinajstić information content (AvgIpc) is 2.46. The van der Waals surface area contributed by atoms with Gasteiger partial charge in [0.05, 0.1) is 4.20 Å². The van der Waals surface area contributed by atoms with Crippen molar-refractivity contribution in [3.63, 3.8) is 0 Å². The molecular formula is C16H13S2-. The van der Waals surface area contributed by atoms with Crippen LogP contribution in [0.4, 0.5) is 0 Å². The van der Waals surface area contributed by atoms with E-state index in [2.05, 4.69) is 24.5 Å². The molecule has 0 nitrogen and oxygen atoms in total. The fourth-order valence-corrected chi connectivity index (χ4v) is 2.43. The fraction of sp³-hybridized carbons (Fsp3) is 0. The van der Waals surface area contributed by atoms with E-state index in [1.807, 2.05) is 48.5 Å². The van der Waals surface area contributed by atoms with Crippen molar-refractivity contribution in [2.75, 3.05) is 0 Å². The smallest absolute Gasteiger partial charge is 0.0698 e. The van der Waals surface area contributed by atoms with E-state index in [9.17, 15) is 0 Å². The van der Waals surface area contributed by atoms with Crippen LogP contribution in [0.3, 0.4) is 0 Å². The lowest BCUT2D eigenvalue weighted by atomic mass is 10.1. The summed E-state index contributed by atoms with van der Waals surface area (Å²) in [6, 6.07) is 18.3. The number of thiocarbonyl (C=S) groups is 1. The first-order valence-electron chi connectivity index (χ1n) is 5.61. The van der Waals surface area contributed by atoms with Crippen LogP contribution in [0.25, 0.3) is 6.08 Å². The van der Waals surface area contributed by atoms with Gasteiger partial charge in [0.25, 0.3) is 0 Å². The Morgan fingerprint density at radius 1 is 1.06 bits per heavy atom. The molecule has 0 aliphatic heterocycles. The number of thioether (sulfide) groups is 1. The molecule has 0 atom stereocenters. The molecule has 2 aromatic rings. The highest BCUT2D eigenvalue weighted by Crippen LogP contribution is 2.21. The van der Waals surface area contributed by atoms with Gasteiger partial charge in [0.2, 0.25) is 0 Å². The van der Waals surface area contributed by atoms with Crippen molar-refractivity contribution in [2.24, 2.45) is 0 Å². The molecule has 0 unspecified atom stereocenters. The Kier molecular flexibility index (Phi) is 4.62. The topological polar surface area (TPSA) is 0 Å². The molecule has 0 N–H and O–H groups in total. The van der Waals surface area contributed by atoms with Crippen molar-refractivity contribution in [3.05, 3.63) is 83.6 Å². The van der Waals surface area contributed by atoms with Gasteiger partial charge in [0.1, 0.15) is 0 Å². The summed E-state index contributed by atoms with van der Waals surface area (Å²) in [7, 11) is 0. The lowest BCUT2D eigenvalue weighted by molar-refractivity contribution is 1.57. The van der Waals surface area contributed by atoms with Gasteiger partial charge in [0.15, 0.2) is 0 Å². The number of rotatable bonds is 4. The van der Waals surface area contributed by atoms with Gasteiger partial charge in [0, 0.05) is 0 Å². The molecule has 0 radical (unpaired) electrons. The van der Waals surface area contributed by atoms with E-state index in [4.69, 9.17) is 12.2 Å². The molecule has 0 saturated carbocycles. The van der Waals surface area contributed by atoms with Crippen LogP contribution in [-0.2, 0) is 0 Å². The Balaban J connectivity index is 1.95. The lowest BCUT2D eigenvalue weighted by Crippen LogP contribution is -1.90. The minimum atomic E-state index is 0.892. The zero-order valence-electron chi connectivity index (χ0n) is 9.87. The number of hydrogen-bond acceptors (Lipinski definition) is 2. The largest absolute Gasteiger partial charge is 0.182 e. The lowest BCUT2D eigenvalue weighted by Gasteiger charge is -2.11. The molecule has 0 bridgehead atoms. The molecule has 2 aromatic carbocycles. The van der Waals surface area contributed by atoms with Gasteiger partial charge < -0.3 is 0 Å². The molecule has 2 rings (SSSR count). The van der Waals surface area contributed by atoms with Crippen LogP contribution in [0.2, 0.25) is 0 Å². The van der Waals surface area contributed by atoms with Crippen LogP contribution >= 0.6 is 24.0 Å². The summed E-state index contributed by atoms with van der Waals surface area (Å²) in [5.74, 6) is 2.07. The Hall–Kier alpha value is -1.51. The summed E-state index contributed by atoms with van der Waals surface area (Å²) in [4.78, 5) is 0. The van der Waals surface area contributed by atoms with Gasteiger partial charge in [-0.25, -0.2) is 0 Å². The third kappa shape index (κ3) is 3.49. The van der Waals surface area contributed by atoms with Crippen molar-refractivity contribution in [3.8, 4) is 0 Å². The second kappa shape index (κ2) is 6.43. The molecule has 90 valence electrons. The zero-order valence-corrected chi connectivity index (χ0v) is 11.5. The minimum absolute atomic E-state index is 0.892. The standard InChI is InChI=1S/C16H13S2/c1-2-13-8-10-14(11-9-13)12-18-16(17)15-6-4-3-5-7-15/h2-12H,1H2/q-1. The molecule has 0 aliphatic carbocycles. The third-order valence-electron chi connectivity index (χ3n) is 2.48. The first-order valence-corrected chi connectivity index (χ1v) is 6.90. The molecule has 0 fully saturated rings. The van der Waals surface area contributed by atoms with Crippen LogP contribution in [0, 0.1) is 5.75 Å². The molecule has 0 aromatic heterocycles. The Bertz CT molecular complexity index is 527. The summed E-state index contributed by atoms with van der Waals surface area (Å²) in [6.07, 6.45) is 1.84. The monoisotopic (exact) mass is 269 g/mol. The maximum atomic E-state index is 5.38. The summed E-state index contributed by atoms with van der Waals surface area (Å²) in [6.45, 7) is 3.74. The van der Waals surface area contributed by atoms with E-state index >= 15 is 0 Å². The first-order chi connectivity index (χ1) is 8.79. The van der Waals surface area contributed by atoms with Crippen LogP contribution in [0.1, 0.15) is 16.7 Å². The maximum absolute atomic E-state index is 5.38. The Morgan fingerprint density at radius 3 is 2.33 bits per heavy atom. The molecule has 0 amide bonds. The summed E-state index contributed by atoms with van der Waals surface area (Å²) < 4.78 is 0.892. The van der Waals surface area contributed by atoms with E-state index in [0.29, 0.717) is 0 Å². The number of benzene rings is 2. The Morgan fingerprint density at radius 2 is 1.72 bits per heavy atom. The van der Waals surface area contributed by atoms with E-state index in [1.54, 1.807) is 11.8 Å². The SMILES string of the molecule is C=Cc1ccc([CH-]SC(=S)c2ccccc2)cc1. The predicted molar refractivity (Wildman–Crippen MR) is 85.7 cm³/mol. The fourth-order valence-electron chi connectivity index (χ4n) is 1.47. The average molecular weight is 269 g/mol. The first kappa shape index (κ1) is 12.9. The van der Waals surface area contributed by atoms with Crippen LogP contribution in [-0.4, -0.2) is 4.20 Å². The molecular weight excluding hydrogens is 256 g/mol. The second-order valence-corrected chi connectivity index (χ2v) is 5.31. The summed E-state index contributed by atoms with van der Waals surface area (Å²) >= 11 is 6.96. The van der Waals surface area contributed by atoms with Gasteiger partial charge in [-0.05, 0) is 5.56 Å². The molecule has 0 heterocycles. The summed E-state index contributed by atoms with van der Waals surface area (Å²) in [5, 5.41) is 0. The highest BCUT2D eigenvalue weighted by molar-refractivity contribution is 8.25. The maximum Gasteiger partial charge on any atom is 0.0698 e. The second-order valence-electron chi connectivity index (χ2n) is 3.76. The van der Waals surface area contributed by atoms with E-state index < -0.39 is 0 Å². The van der Waals surface area contributed by atoms with Crippen molar-refractivity contribution in [1.29, 1.82) is 0 Å². The van der Waals surface area contributed by atoms with Crippen molar-refractivity contribution in [2.45, 2.75) is 0 Å². The van der Waals surface area contributed by atoms with Crippen molar-refractivity contribution >= 4 is 34.3 Å². The molecule has 0 spiro atoms. The minimum Gasteiger partial charge on any atom is -0.182 e.